The molecule has 214 valence electrons. The zero-order chi connectivity index (χ0) is 29.1. The number of hydrogen-bond donors (Lipinski definition) is 1. The number of Topliss-reactive ketones (excluding diaryl/α,β-unsaturated/α-hetero) is 1. The van der Waals surface area contributed by atoms with Gasteiger partial charge in [0.2, 0.25) is 0 Å². The maximum absolute atomic E-state index is 13.5. The second-order valence-electron chi connectivity index (χ2n) is 12.1. The van der Waals surface area contributed by atoms with Crippen LogP contribution in [0, 0.1) is 12.8 Å². The molecule has 1 aliphatic carbocycles. The Hall–Kier alpha value is -2.45. The fourth-order valence-corrected chi connectivity index (χ4v) is 12.8. The molecule has 6 nitrogen and oxygen atoms in total. The number of sulfonamides is 1. The molecule has 1 saturated carbocycles. The van der Waals surface area contributed by atoms with Crippen LogP contribution in [0.3, 0.4) is 0 Å². The van der Waals surface area contributed by atoms with Crippen molar-refractivity contribution < 1.29 is 22.4 Å². The van der Waals surface area contributed by atoms with Crippen LogP contribution in [0.5, 0.6) is 5.75 Å². The summed E-state index contributed by atoms with van der Waals surface area (Å²) in [5.74, 6) is 0.479. The van der Waals surface area contributed by atoms with Gasteiger partial charge in [0, 0.05) is 24.3 Å². The van der Waals surface area contributed by atoms with Crippen molar-refractivity contribution >= 4 is 36.1 Å². The summed E-state index contributed by atoms with van der Waals surface area (Å²) in [6, 6.07) is 10.2. The molecule has 3 rings (SSSR count). The van der Waals surface area contributed by atoms with Crippen LogP contribution in [-0.2, 0) is 26.0 Å². The molecule has 8 heteroatoms. The summed E-state index contributed by atoms with van der Waals surface area (Å²) >= 11 is 0. The summed E-state index contributed by atoms with van der Waals surface area (Å²) in [6.07, 6.45) is 2.72. The van der Waals surface area contributed by atoms with Crippen molar-refractivity contribution in [3.63, 3.8) is 0 Å². The van der Waals surface area contributed by atoms with Gasteiger partial charge >= 0.3 is 0 Å². The topological polar surface area (TPSA) is 89.5 Å². The highest BCUT2D eigenvalue weighted by Crippen LogP contribution is 2.47. The van der Waals surface area contributed by atoms with Gasteiger partial charge in [-0.05, 0) is 72.1 Å². The van der Waals surface area contributed by atoms with E-state index in [4.69, 9.17) is 4.43 Å². The number of aldehydes is 1. The third-order valence-corrected chi connectivity index (χ3v) is 15.8. The summed E-state index contributed by atoms with van der Waals surface area (Å²) in [6.45, 7) is 17.2. The first-order valence-electron chi connectivity index (χ1n) is 14.1. The van der Waals surface area contributed by atoms with E-state index in [9.17, 15) is 18.0 Å². The van der Waals surface area contributed by atoms with E-state index in [1.54, 1.807) is 36.4 Å². The molecule has 0 heterocycles. The number of rotatable bonds is 11. The third-order valence-electron chi connectivity index (χ3n) is 8.43. The van der Waals surface area contributed by atoms with Crippen molar-refractivity contribution in [2.75, 3.05) is 4.72 Å². The van der Waals surface area contributed by atoms with Gasteiger partial charge in [0.1, 0.15) is 17.8 Å². The van der Waals surface area contributed by atoms with Crippen molar-refractivity contribution in [2.24, 2.45) is 5.92 Å². The first-order chi connectivity index (χ1) is 18.2. The van der Waals surface area contributed by atoms with Crippen molar-refractivity contribution in [2.45, 2.75) is 109 Å². The Morgan fingerprint density at radius 1 is 1.00 bits per heavy atom. The number of benzene rings is 2. The van der Waals surface area contributed by atoms with Gasteiger partial charge in [-0.15, -0.1) is 0 Å². The van der Waals surface area contributed by atoms with Gasteiger partial charge in [0.05, 0.1) is 10.6 Å². The predicted molar refractivity (Wildman–Crippen MR) is 161 cm³/mol. The molecule has 2 atom stereocenters. The predicted octanol–water partition coefficient (Wildman–Crippen LogP) is 7.56. The second-order valence-corrected chi connectivity index (χ2v) is 19.2. The second kappa shape index (κ2) is 12.4. The first-order valence-corrected chi connectivity index (χ1v) is 17.8. The van der Waals surface area contributed by atoms with Crippen molar-refractivity contribution in [1.29, 1.82) is 0 Å². The lowest BCUT2D eigenvalue weighted by Crippen LogP contribution is -2.51. The van der Waals surface area contributed by atoms with E-state index in [-0.39, 0.29) is 17.1 Å². The summed E-state index contributed by atoms with van der Waals surface area (Å²) < 4.78 is 36.7. The van der Waals surface area contributed by atoms with E-state index in [0.29, 0.717) is 57.9 Å². The molecule has 1 fully saturated rings. The number of aryl methyl sites for hydroxylation is 1. The highest BCUT2D eigenvalue weighted by atomic mass is 32.2. The molecule has 1 aliphatic rings. The zero-order valence-corrected chi connectivity index (χ0v) is 26.5. The van der Waals surface area contributed by atoms with Crippen LogP contribution in [0.1, 0.15) is 90.3 Å². The largest absolute Gasteiger partial charge is 0.542 e. The Morgan fingerprint density at radius 3 is 2.13 bits per heavy atom. The molecular weight excluding hydrogens is 526 g/mol. The Balaban J connectivity index is 2.26. The normalized spacial score (nSPS) is 18.6. The molecule has 0 aliphatic heterocycles. The van der Waals surface area contributed by atoms with Crippen molar-refractivity contribution in [3.8, 4) is 5.75 Å². The highest BCUT2D eigenvalue weighted by Gasteiger charge is 2.47. The lowest BCUT2D eigenvalue weighted by Gasteiger charge is -2.43. The number of nitrogens with one attached hydrogen (secondary N) is 1. The summed E-state index contributed by atoms with van der Waals surface area (Å²) in [5.41, 5.74) is 3.44. The third kappa shape index (κ3) is 6.48. The maximum Gasteiger partial charge on any atom is 0.261 e. The molecule has 39 heavy (non-hydrogen) atoms. The van der Waals surface area contributed by atoms with Gasteiger partial charge in [0.25, 0.3) is 18.3 Å². The maximum atomic E-state index is 13.5. The van der Waals surface area contributed by atoms with E-state index in [1.165, 1.54) is 0 Å². The molecule has 2 aromatic rings. The summed E-state index contributed by atoms with van der Waals surface area (Å²) in [5, 5.41) is 0. The van der Waals surface area contributed by atoms with Gasteiger partial charge in [-0.1, -0.05) is 66.2 Å². The molecule has 2 aromatic carbocycles. The van der Waals surface area contributed by atoms with Crippen molar-refractivity contribution in [3.05, 3.63) is 53.1 Å². The average Bonchev–Trinajstić information content (AvgIpc) is 2.85. The summed E-state index contributed by atoms with van der Waals surface area (Å²) in [7, 11) is -6.32. The standard InChI is InChI=1S/C31H45NO5SSi/c1-20(2)39(21(3)4,22(5)6)37-30-16-14-28(32-38(35,36)25-12-9-23(7)10-13-25)31(26(30)17-18-33)27-19-24(8)11-15-29(27)34/h9-10,12-14,16,18,20-22,24,27,32H,11,15,17,19H2,1-8H3. The van der Waals surface area contributed by atoms with Crippen LogP contribution in [0.4, 0.5) is 5.69 Å². The fraction of sp³-hybridized carbons (Fsp3) is 0.548. The van der Waals surface area contributed by atoms with Crippen LogP contribution < -0.4 is 9.15 Å². The van der Waals surface area contributed by atoms with E-state index in [0.717, 1.165) is 18.3 Å². The minimum absolute atomic E-state index is 0.0433. The minimum atomic E-state index is -3.92. The number of hydrogen-bond acceptors (Lipinski definition) is 5. The smallest absolute Gasteiger partial charge is 0.261 e. The quantitative estimate of drug-likeness (QED) is 0.222. The molecule has 0 amide bonds. The molecule has 0 saturated heterocycles. The van der Waals surface area contributed by atoms with Crippen LogP contribution in [-0.4, -0.2) is 28.8 Å². The molecule has 2 unspecified atom stereocenters. The molecule has 0 bridgehead atoms. The summed E-state index contributed by atoms with van der Waals surface area (Å²) in [4.78, 5) is 25.5. The van der Waals surface area contributed by atoms with Crippen LogP contribution >= 0.6 is 0 Å². The highest BCUT2D eigenvalue weighted by molar-refractivity contribution is 7.92. The monoisotopic (exact) mass is 571 g/mol. The van der Waals surface area contributed by atoms with Gasteiger partial charge in [0.15, 0.2) is 0 Å². The lowest BCUT2D eigenvalue weighted by molar-refractivity contribution is -0.122. The van der Waals surface area contributed by atoms with E-state index < -0.39 is 24.3 Å². The SMILES string of the molecule is Cc1ccc(S(=O)(=O)Nc2ccc(O[Si](C(C)C)(C(C)C)C(C)C)c(CC=O)c2C2CC(C)CCC2=O)cc1. The lowest BCUT2D eigenvalue weighted by atomic mass is 9.75. The molecule has 0 aromatic heterocycles. The number of ketones is 1. The number of carbonyl (C=O) groups is 2. The number of carbonyl (C=O) groups excluding carboxylic acids is 2. The molecular formula is C31H45NO5SSi. The fourth-order valence-electron chi connectivity index (χ4n) is 6.48. The van der Waals surface area contributed by atoms with E-state index in [2.05, 4.69) is 53.2 Å². The first kappa shape index (κ1) is 31.1. The van der Waals surface area contributed by atoms with Crippen LogP contribution in [0.15, 0.2) is 41.3 Å². The Kier molecular flexibility index (Phi) is 9.86. The zero-order valence-electron chi connectivity index (χ0n) is 24.7. The van der Waals surface area contributed by atoms with E-state index >= 15 is 0 Å². The van der Waals surface area contributed by atoms with Crippen molar-refractivity contribution in [1.82, 2.24) is 0 Å². The Morgan fingerprint density at radius 2 is 1.59 bits per heavy atom. The van der Waals surface area contributed by atoms with Crippen LogP contribution in [0.25, 0.3) is 0 Å². The minimum Gasteiger partial charge on any atom is -0.542 e. The van der Waals surface area contributed by atoms with Gasteiger partial charge in [-0.3, -0.25) is 9.52 Å². The Labute approximate surface area is 236 Å². The van der Waals surface area contributed by atoms with Gasteiger partial charge in [-0.2, -0.15) is 0 Å². The molecule has 0 radical (unpaired) electrons. The van der Waals surface area contributed by atoms with Gasteiger partial charge in [-0.25, -0.2) is 8.42 Å². The van der Waals surface area contributed by atoms with E-state index in [1.807, 2.05) is 6.92 Å². The Bertz CT molecular complexity index is 1260. The molecule has 0 spiro atoms. The molecule has 1 N–H and O–H groups in total. The number of anilines is 1. The van der Waals surface area contributed by atoms with Gasteiger partial charge < -0.3 is 9.22 Å². The van der Waals surface area contributed by atoms with Crippen LogP contribution in [0.2, 0.25) is 16.6 Å². The average molecular weight is 572 g/mol.